The van der Waals surface area contributed by atoms with Crippen LogP contribution in [0.5, 0.6) is 5.75 Å². The summed E-state index contributed by atoms with van der Waals surface area (Å²) in [4.78, 5) is 24.9. The fraction of sp³-hybridized carbons (Fsp3) is 0.111. The van der Waals surface area contributed by atoms with Gasteiger partial charge in [-0.3, -0.25) is 14.9 Å². The molecule has 3 aromatic carbocycles. The molecule has 8 nitrogen and oxygen atoms in total. The molecule has 10 heteroatoms. The molecule has 0 aliphatic carbocycles. The standard InChI is InChI=1S/C27H23IN4O4S/c1-17-14-20(16-29-30-27(33)19-4-13-25(28)26(15-19)36-3)18(2)31(17)21-5-9-23(10-6-21)37-24-11-7-22(8-12-24)32(34)35/h4-16H,1-3H3,(H,30,33)/b29-16-. The number of hydrazone groups is 1. The molecule has 1 amide bonds. The highest BCUT2D eigenvalue weighted by atomic mass is 127. The van der Waals surface area contributed by atoms with Crippen LogP contribution >= 0.6 is 34.4 Å². The first-order valence-electron chi connectivity index (χ1n) is 11.2. The number of carbonyl (C=O) groups excluding carboxylic acids is 1. The van der Waals surface area contributed by atoms with Crippen LogP contribution in [-0.2, 0) is 0 Å². The van der Waals surface area contributed by atoms with E-state index in [4.69, 9.17) is 4.74 Å². The van der Waals surface area contributed by atoms with Gasteiger partial charge in [0.05, 0.1) is 21.8 Å². The zero-order valence-electron chi connectivity index (χ0n) is 20.3. The quantitative estimate of drug-likeness (QED) is 0.104. The number of nitrogens with one attached hydrogen (secondary N) is 1. The predicted octanol–water partition coefficient (Wildman–Crippen LogP) is 6.53. The Morgan fingerprint density at radius 2 is 1.70 bits per heavy atom. The Bertz CT molecular complexity index is 1480. The second kappa shape index (κ2) is 11.6. The molecule has 0 spiro atoms. The third-order valence-electron chi connectivity index (χ3n) is 5.63. The third-order valence-corrected chi connectivity index (χ3v) is 7.54. The minimum absolute atomic E-state index is 0.0762. The zero-order chi connectivity index (χ0) is 26.5. The molecule has 0 atom stereocenters. The predicted molar refractivity (Wildman–Crippen MR) is 153 cm³/mol. The number of halogens is 1. The van der Waals surface area contributed by atoms with Gasteiger partial charge in [-0.2, -0.15) is 5.10 Å². The summed E-state index contributed by atoms with van der Waals surface area (Å²) in [5, 5.41) is 15.0. The molecule has 4 aromatic rings. The fourth-order valence-corrected chi connectivity index (χ4v) is 5.15. The van der Waals surface area contributed by atoms with Gasteiger partial charge >= 0.3 is 0 Å². The van der Waals surface area contributed by atoms with Crippen molar-refractivity contribution < 1.29 is 14.5 Å². The highest BCUT2D eigenvalue weighted by molar-refractivity contribution is 14.1. The number of carbonyl (C=O) groups is 1. The number of nitrogens with zero attached hydrogens (tertiary/aromatic N) is 3. The molecule has 188 valence electrons. The summed E-state index contributed by atoms with van der Waals surface area (Å²) in [5.41, 5.74) is 7.03. The Morgan fingerprint density at radius 1 is 1.05 bits per heavy atom. The number of hydrogen-bond donors (Lipinski definition) is 1. The van der Waals surface area contributed by atoms with Gasteiger partial charge in [-0.05, 0) is 97.1 Å². The number of nitro groups is 1. The van der Waals surface area contributed by atoms with Crippen molar-refractivity contribution in [2.45, 2.75) is 23.6 Å². The van der Waals surface area contributed by atoms with Crippen molar-refractivity contribution in [1.29, 1.82) is 0 Å². The summed E-state index contributed by atoms with van der Waals surface area (Å²) in [5.74, 6) is 0.318. The molecule has 0 saturated heterocycles. The Balaban J connectivity index is 1.45. The van der Waals surface area contributed by atoms with Crippen LogP contribution in [0.4, 0.5) is 5.69 Å². The molecule has 0 bridgehead atoms. The lowest BCUT2D eigenvalue weighted by atomic mass is 10.2. The van der Waals surface area contributed by atoms with Crippen molar-refractivity contribution in [2.24, 2.45) is 5.10 Å². The molecule has 4 rings (SSSR count). The van der Waals surface area contributed by atoms with Gasteiger partial charge in [0.1, 0.15) is 5.75 Å². The number of non-ortho nitro benzene ring substituents is 1. The number of aromatic nitrogens is 1. The summed E-state index contributed by atoms with van der Waals surface area (Å²) >= 11 is 3.69. The van der Waals surface area contributed by atoms with E-state index in [9.17, 15) is 14.9 Å². The Labute approximate surface area is 232 Å². The van der Waals surface area contributed by atoms with Crippen molar-refractivity contribution >= 4 is 52.2 Å². The first kappa shape index (κ1) is 26.4. The van der Waals surface area contributed by atoms with Crippen molar-refractivity contribution in [3.8, 4) is 11.4 Å². The number of nitro benzene ring substituents is 1. The van der Waals surface area contributed by atoms with Crippen LogP contribution < -0.4 is 10.2 Å². The average Bonchev–Trinajstić information content (AvgIpc) is 3.17. The average molecular weight is 626 g/mol. The number of ether oxygens (including phenoxy) is 1. The summed E-state index contributed by atoms with van der Waals surface area (Å²) in [6.07, 6.45) is 1.64. The lowest BCUT2D eigenvalue weighted by Crippen LogP contribution is -2.17. The smallest absolute Gasteiger partial charge is 0.271 e. The Hall–Kier alpha value is -3.64. The van der Waals surface area contributed by atoms with Gasteiger partial charge in [-0.1, -0.05) is 11.8 Å². The van der Waals surface area contributed by atoms with E-state index in [1.807, 2.05) is 50.2 Å². The third kappa shape index (κ3) is 6.20. The monoisotopic (exact) mass is 626 g/mol. The normalized spacial score (nSPS) is 11.0. The van der Waals surface area contributed by atoms with E-state index in [-0.39, 0.29) is 11.6 Å². The number of hydrogen-bond acceptors (Lipinski definition) is 6. The van der Waals surface area contributed by atoms with E-state index in [0.29, 0.717) is 11.3 Å². The van der Waals surface area contributed by atoms with Crippen molar-refractivity contribution in [3.05, 3.63) is 109 Å². The lowest BCUT2D eigenvalue weighted by molar-refractivity contribution is -0.384. The maximum atomic E-state index is 12.5. The van der Waals surface area contributed by atoms with E-state index in [2.05, 4.69) is 37.7 Å². The molecular formula is C27H23IN4O4S. The van der Waals surface area contributed by atoms with Crippen molar-refractivity contribution in [1.82, 2.24) is 9.99 Å². The number of amides is 1. The van der Waals surface area contributed by atoms with Gasteiger partial charge in [0.25, 0.3) is 11.6 Å². The fourth-order valence-electron chi connectivity index (χ4n) is 3.78. The molecule has 1 N–H and O–H groups in total. The molecule has 1 heterocycles. The number of aryl methyl sites for hydroxylation is 1. The summed E-state index contributed by atoms with van der Waals surface area (Å²) in [6, 6.07) is 21.8. The van der Waals surface area contributed by atoms with Crippen LogP contribution in [0.1, 0.15) is 27.3 Å². The van der Waals surface area contributed by atoms with E-state index < -0.39 is 4.92 Å². The molecule has 0 fully saturated rings. The minimum atomic E-state index is -0.404. The number of benzene rings is 3. The second-order valence-electron chi connectivity index (χ2n) is 8.06. The summed E-state index contributed by atoms with van der Waals surface area (Å²) in [7, 11) is 1.57. The van der Waals surface area contributed by atoms with Crippen LogP contribution in [0.15, 0.2) is 87.7 Å². The zero-order valence-corrected chi connectivity index (χ0v) is 23.2. The highest BCUT2D eigenvalue weighted by Gasteiger charge is 2.12. The Kier molecular flexibility index (Phi) is 8.29. The van der Waals surface area contributed by atoms with E-state index >= 15 is 0 Å². The largest absolute Gasteiger partial charge is 0.496 e. The van der Waals surface area contributed by atoms with E-state index in [1.165, 1.54) is 23.9 Å². The SMILES string of the molecule is COc1cc(C(=O)N/N=C\c2cc(C)n(-c3ccc(Sc4ccc([N+](=O)[O-])cc4)cc3)c2C)ccc1I. The second-order valence-corrected chi connectivity index (χ2v) is 10.4. The van der Waals surface area contributed by atoms with E-state index in [1.54, 1.807) is 37.6 Å². The maximum Gasteiger partial charge on any atom is 0.271 e. The molecular weight excluding hydrogens is 603 g/mol. The molecule has 0 aliphatic rings. The Morgan fingerprint density at radius 3 is 2.32 bits per heavy atom. The van der Waals surface area contributed by atoms with Crippen LogP contribution in [0.25, 0.3) is 5.69 Å². The van der Waals surface area contributed by atoms with Crippen molar-refractivity contribution in [3.63, 3.8) is 0 Å². The molecule has 0 unspecified atom stereocenters. The summed E-state index contributed by atoms with van der Waals surface area (Å²) in [6.45, 7) is 4.01. The van der Waals surface area contributed by atoms with Crippen LogP contribution in [0.3, 0.4) is 0 Å². The van der Waals surface area contributed by atoms with Gasteiger partial charge in [0, 0.05) is 50.1 Å². The van der Waals surface area contributed by atoms with Crippen molar-refractivity contribution in [2.75, 3.05) is 7.11 Å². The van der Waals surface area contributed by atoms with Crippen LogP contribution in [0, 0.1) is 27.5 Å². The molecule has 1 aromatic heterocycles. The first-order chi connectivity index (χ1) is 17.8. The van der Waals surface area contributed by atoms with Gasteiger partial charge < -0.3 is 9.30 Å². The number of rotatable bonds is 8. The molecule has 37 heavy (non-hydrogen) atoms. The number of methoxy groups -OCH3 is 1. The van der Waals surface area contributed by atoms with Crippen LogP contribution in [0.2, 0.25) is 0 Å². The summed E-state index contributed by atoms with van der Waals surface area (Å²) < 4.78 is 8.32. The first-order valence-corrected chi connectivity index (χ1v) is 13.0. The topological polar surface area (TPSA) is 98.8 Å². The molecule has 0 radical (unpaired) electrons. The molecule has 0 aliphatic heterocycles. The minimum Gasteiger partial charge on any atom is -0.496 e. The molecule has 0 saturated carbocycles. The van der Waals surface area contributed by atoms with Crippen LogP contribution in [-0.4, -0.2) is 28.7 Å². The lowest BCUT2D eigenvalue weighted by Gasteiger charge is -2.10. The van der Waals surface area contributed by atoms with Gasteiger partial charge in [-0.15, -0.1) is 0 Å². The van der Waals surface area contributed by atoms with Gasteiger partial charge in [0.2, 0.25) is 0 Å². The maximum absolute atomic E-state index is 12.5. The van der Waals surface area contributed by atoms with E-state index in [0.717, 1.165) is 36.0 Å². The van der Waals surface area contributed by atoms with Gasteiger partial charge in [0.15, 0.2) is 0 Å². The van der Waals surface area contributed by atoms with Gasteiger partial charge in [-0.25, -0.2) is 5.43 Å². The highest BCUT2D eigenvalue weighted by Crippen LogP contribution is 2.30.